The van der Waals surface area contributed by atoms with Crippen LogP contribution in [0.4, 0.5) is 5.69 Å². The van der Waals surface area contributed by atoms with Gasteiger partial charge in [-0.1, -0.05) is 53.2 Å². The molecule has 0 spiro atoms. The lowest BCUT2D eigenvalue weighted by Crippen LogP contribution is -2.43. The van der Waals surface area contributed by atoms with Gasteiger partial charge in [-0.25, -0.2) is 4.98 Å². The van der Waals surface area contributed by atoms with Crippen LogP contribution in [-0.2, 0) is 16.0 Å². The van der Waals surface area contributed by atoms with E-state index in [1.54, 1.807) is 5.38 Å². The van der Waals surface area contributed by atoms with Gasteiger partial charge in [-0.05, 0) is 55.2 Å². The van der Waals surface area contributed by atoms with Gasteiger partial charge in [-0.15, -0.1) is 11.3 Å². The van der Waals surface area contributed by atoms with Crippen molar-refractivity contribution in [1.29, 1.82) is 0 Å². The lowest BCUT2D eigenvalue weighted by Gasteiger charge is -2.34. The summed E-state index contributed by atoms with van der Waals surface area (Å²) >= 11 is 1.37. The summed E-state index contributed by atoms with van der Waals surface area (Å²) in [6.07, 6.45) is 4.43. The Balaban J connectivity index is 2.20. The maximum absolute atomic E-state index is 13.3. The highest BCUT2D eigenvalue weighted by Gasteiger charge is 2.29. The summed E-state index contributed by atoms with van der Waals surface area (Å²) in [5, 5.41) is 11.8. The molecular weight excluding hydrogens is 522 g/mol. The number of aromatic nitrogens is 1. The molecule has 1 aromatic carbocycles. The highest BCUT2D eigenvalue weighted by Crippen LogP contribution is 2.28. The Morgan fingerprint density at radius 1 is 1.02 bits per heavy atom. The van der Waals surface area contributed by atoms with Crippen LogP contribution in [0.15, 0.2) is 29.6 Å². The third-order valence-electron chi connectivity index (χ3n) is 7.13. The normalized spacial score (nSPS) is 13.6. The van der Waals surface area contributed by atoms with E-state index in [0.29, 0.717) is 29.5 Å². The van der Waals surface area contributed by atoms with E-state index in [1.165, 1.54) is 18.3 Å². The number of unbranched alkanes of at least 4 members (excludes halogenated alkanes) is 1. The number of thiazole rings is 1. The zero-order chi connectivity index (χ0) is 29.8. The van der Waals surface area contributed by atoms with Gasteiger partial charge in [0, 0.05) is 50.6 Å². The zero-order valence-corrected chi connectivity index (χ0v) is 26.4. The molecule has 0 aliphatic carbocycles. The highest BCUT2D eigenvalue weighted by molar-refractivity contribution is 7.09. The number of benzene rings is 1. The fourth-order valence-electron chi connectivity index (χ4n) is 4.94. The van der Waals surface area contributed by atoms with Gasteiger partial charge in [-0.2, -0.15) is 0 Å². The number of amides is 3. The van der Waals surface area contributed by atoms with Gasteiger partial charge in [0.25, 0.3) is 5.91 Å². The minimum atomic E-state index is -0.393. The Morgan fingerprint density at radius 2 is 1.70 bits per heavy atom. The van der Waals surface area contributed by atoms with E-state index in [2.05, 4.69) is 67.7 Å². The number of hydrogen-bond acceptors (Lipinski definition) is 6. The summed E-state index contributed by atoms with van der Waals surface area (Å²) in [6.45, 7) is 12.0. The standard InChI is InChI=1S/C31H49N5O3S/c1-9-10-11-29(38)36(8)28(21(4)5)18-26(33-22(6)37)31-35-27(19-40-31)30(39)34-25(16-20(2)3)17-23-12-14-24(32-7)15-13-23/h12-15,19-21,25-26,28,32H,9-11,16-18H2,1-8H3,(H,33,37)(H,34,39)/t25-,26-,28?/m1/s1. The summed E-state index contributed by atoms with van der Waals surface area (Å²) in [4.78, 5) is 44.7. The fraction of sp³-hybridized carbons (Fsp3) is 0.613. The molecule has 0 bridgehead atoms. The van der Waals surface area contributed by atoms with Crippen molar-refractivity contribution in [3.05, 3.63) is 45.9 Å². The molecular formula is C31H49N5O3S. The van der Waals surface area contributed by atoms with Gasteiger partial charge < -0.3 is 20.9 Å². The summed E-state index contributed by atoms with van der Waals surface area (Å²) in [5.74, 6) is 0.331. The second-order valence-corrected chi connectivity index (χ2v) is 12.3. The van der Waals surface area contributed by atoms with Gasteiger partial charge >= 0.3 is 0 Å². The molecule has 40 heavy (non-hydrogen) atoms. The van der Waals surface area contributed by atoms with Gasteiger partial charge in [0.15, 0.2) is 0 Å². The first-order valence-corrected chi connectivity index (χ1v) is 15.4. The predicted molar refractivity (Wildman–Crippen MR) is 165 cm³/mol. The Hall–Kier alpha value is -2.94. The third-order valence-corrected chi connectivity index (χ3v) is 8.09. The number of rotatable bonds is 16. The van der Waals surface area contributed by atoms with E-state index in [-0.39, 0.29) is 35.7 Å². The molecule has 2 rings (SSSR count). The van der Waals surface area contributed by atoms with Crippen molar-refractivity contribution in [2.45, 2.75) is 98.2 Å². The van der Waals surface area contributed by atoms with Crippen molar-refractivity contribution in [2.75, 3.05) is 19.4 Å². The number of carbonyl (C=O) groups is 3. The SMILES string of the molecule is CCCCC(=O)N(C)C(C[C@@H](NC(C)=O)c1nc(C(=O)N[C@@H](Cc2ccc(NC)cc2)CC(C)C)cs1)C(C)C. The molecule has 222 valence electrons. The molecule has 0 fully saturated rings. The molecule has 8 nitrogen and oxygen atoms in total. The van der Waals surface area contributed by atoms with E-state index in [4.69, 9.17) is 0 Å². The first-order chi connectivity index (χ1) is 18.9. The first kappa shape index (κ1) is 33.3. The van der Waals surface area contributed by atoms with Gasteiger partial charge in [0.05, 0.1) is 6.04 Å². The molecule has 3 atom stereocenters. The minimum absolute atomic E-state index is 0.0302. The number of nitrogens with one attached hydrogen (secondary N) is 3. The predicted octanol–water partition coefficient (Wildman–Crippen LogP) is 5.81. The molecule has 2 aromatic rings. The van der Waals surface area contributed by atoms with E-state index >= 15 is 0 Å². The second-order valence-electron chi connectivity index (χ2n) is 11.4. The summed E-state index contributed by atoms with van der Waals surface area (Å²) in [6, 6.07) is 7.74. The lowest BCUT2D eigenvalue weighted by molar-refractivity contribution is -0.133. The molecule has 0 radical (unpaired) electrons. The van der Waals surface area contributed by atoms with E-state index < -0.39 is 6.04 Å². The minimum Gasteiger partial charge on any atom is -0.388 e. The zero-order valence-electron chi connectivity index (χ0n) is 25.5. The molecule has 1 heterocycles. The fourth-order valence-corrected chi connectivity index (χ4v) is 5.80. The monoisotopic (exact) mass is 571 g/mol. The summed E-state index contributed by atoms with van der Waals surface area (Å²) < 4.78 is 0. The van der Waals surface area contributed by atoms with Crippen LogP contribution in [0, 0.1) is 11.8 Å². The number of hydrogen-bond donors (Lipinski definition) is 3. The van der Waals surface area contributed by atoms with E-state index in [0.717, 1.165) is 36.9 Å². The highest BCUT2D eigenvalue weighted by atomic mass is 32.1. The Bertz CT molecular complexity index is 1080. The number of carbonyl (C=O) groups excluding carboxylic acids is 3. The first-order valence-electron chi connectivity index (χ1n) is 14.5. The van der Waals surface area contributed by atoms with E-state index in [1.807, 2.05) is 31.1 Å². The number of nitrogens with zero attached hydrogens (tertiary/aromatic N) is 2. The topological polar surface area (TPSA) is 103 Å². The van der Waals surface area contributed by atoms with Crippen LogP contribution < -0.4 is 16.0 Å². The van der Waals surface area contributed by atoms with Crippen molar-refractivity contribution in [3.8, 4) is 0 Å². The van der Waals surface area contributed by atoms with Gasteiger partial charge in [0.1, 0.15) is 10.7 Å². The molecule has 0 aliphatic rings. The van der Waals surface area contributed by atoms with Crippen LogP contribution in [0.3, 0.4) is 0 Å². The summed E-state index contributed by atoms with van der Waals surface area (Å²) in [5.41, 5.74) is 2.56. The Kier molecular flexibility index (Phi) is 13.6. The Morgan fingerprint density at radius 3 is 2.25 bits per heavy atom. The molecule has 3 N–H and O–H groups in total. The van der Waals surface area contributed by atoms with Crippen molar-refractivity contribution < 1.29 is 14.4 Å². The van der Waals surface area contributed by atoms with Crippen molar-refractivity contribution in [2.24, 2.45) is 11.8 Å². The average molecular weight is 572 g/mol. The average Bonchev–Trinajstić information content (AvgIpc) is 3.39. The smallest absolute Gasteiger partial charge is 0.270 e. The van der Waals surface area contributed by atoms with Crippen LogP contribution in [0.2, 0.25) is 0 Å². The van der Waals surface area contributed by atoms with Crippen LogP contribution >= 0.6 is 11.3 Å². The molecule has 1 aromatic heterocycles. The van der Waals surface area contributed by atoms with Gasteiger partial charge in [-0.3, -0.25) is 14.4 Å². The molecule has 3 amide bonds. The molecule has 0 saturated carbocycles. The van der Waals surface area contributed by atoms with Crippen LogP contribution in [-0.4, -0.2) is 53.8 Å². The molecule has 0 aliphatic heterocycles. The number of anilines is 1. The largest absolute Gasteiger partial charge is 0.388 e. The Labute approximate surface area is 244 Å². The molecule has 9 heteroatoms. The van der Waals surface area contributed by atoms with Crippen LogP contribution in [0.5, 0.6) is 0 Å². The maximum Gasteiger partial charge on any atom is 0.270 e. The van der Waals surface area contributed by atoms with Crippen molar-refractivity contribution >= 4 is 34.7 Å². The quantitative estimate of drug-likeness (QED) is 0.236. The summed E-state index contributed by atoms with van der Waals surface area (Å²) in [7, 11) is 3.74. The third kappa shape index (κ3) is 10.6. The molecule has 1 unspecified atom stereocenters. The van der Waals surface area contributed by atoms with Crippen LogP contribution in [0.25, 0.3) is 0 Å². The van der Waals surface area contributed by atoms with Crippen molar-refractivity contribution in [1.82, 2.24) is 20.5 Å². The molecule has 0 saturated heterocycles. The lowest BCUT2D eigenvalue weighted by atomic mass is 9.95. The second kappa shape index (κ2) is 16.4. The van der Waals surface area contributed by atoms with Crippen molar-refractivity contribution in [3.63, 3.8) is 0 Å². The van der Waals surface area contributed by atoms with Crippen LogP contribution in [0.1, 0.15) is 101 Å². The van der Waals surface area contributed by atoms with Gasteiger partial charge in [0.2, 0.25) is 11.8 Å². The van der Waals surface area contributed by atoms with E-state index in [9.17, 15) is 14.4 Å². The maximum atomic E-state index is 13.3.